The van der Waals surface area contributed by atoms with Gasteiger partial charge in [0, 0.05) is 37.2 Å². The standard InChI is InChI=1S/C26H26F2N2O5/c27-19-12-18-22(13-20(19)28)30(26(34)35-14-15-4-2-1-3-5-15)21-9-8-17(21)24(18)29(16-6-7-16)11-10-23(31)25(32)33/h1-5,12-13,16-17,21,24H,6-11,14H2,(H,32,33). The number of hydrogen-bond donors (Lipinski definition) is 1. The van der Waals surface area contributed by atoms with Gasteiger partial charge in [-0.25, -0.2) is 18.4 Å². The minimum Gasteiger partial charge on any atom is -0.476 e. The average molecular weight is 484 g/mol. The summed E-state index contributed by atoms with van der Waals surface area (Å²) in [7, 11) is 0. The lowest BCUT2D eigenvalue weighted by molar-refractivity contribution is -0.149. The van der Waals surface area contributed by atoms with Crippen LogP contribution in [-0.2, 0) is 20.9 Å². The van der Waals surface area contributed by atoms with Gasteiger partial charge in [0.1, 0.15) is 6.61 Å². The third kappa shape index (κ3) is 4.52. The van der Waals surface area contributed by atoms with E-state index in [1.54, 1.807) is 0 Å². The maximum absolute atomic E-state index is 14.5. The molecule has 1 amide bonds. The molecule has 0 saturated heterocycles. The summed E-state index contributed by atoms with van der Waals surface area (Å²) in [6, 6.07) is 10.9. The number of Topliss-reactive ketones (excluding diaryl/α,β-unsaturated/α-hetero) is 1. The molecule has 3 aliphatic rings. The van der Waals surface area contributed by atoms with Crippen LogP contribution in [0.2, 0.25) is 0 Å². The summed E-state index contributed by atoms with van der Waals surface area (Å²) in [5, 5.41) is 9.00. The molecule has 0 bridgehead atoms. The van der Waals surface area contributed by atoms with Crippen LogP contribution in [0.3, 0.4) is 0 Å². The fourth-order valence-electron chi connectivity index (χ4n) is 5.34. The van der Waals surface area contributed by atoms with E-state index in [0.717, 1.165) is 37.0 Å². The Kier molecular flexibility index (Phi) is 6.27. The molecule has 2 aromatic carbocycles. The predicted octanol–water partition coefficient (Wildman–Crippen LogP) is 4.45. The van der Waals surface area contributed by atoms with Crippen molar-refractivity contribution in [2.75, 3.05) is 11.4 Å². The van der Waals surface area contributed by atoms with E-state index in [1.165, 1.54) is 4.90 Å². The number of carboxylic acid groups (broad SMARTS) is 1. The van der Waals surface area contributed by atoms with E-state index in [-0.39, 0.29) is 49.3 Å². The number of anilines is 1. The number of carbonyl (C=O) groups is 3. The summed E-state index contributed by atoms with van der Waals surface area (Å²) in [5.41, 5.74) is 1.55. The fourth-order valence-corrected chi connectivity index (χ4v) is 5.34. The normalized spacial score (nSPS) is 22.7. The SMILES string of the molecule is O=C(O)C(=O)CCN(C1CC1)C1c2cc(F)c(F)cc2N(C(=O)OCc2ccccc2)C2CCC21. The Bertz CT molecular complexity index is 1150. The van der Waals surface area contributed by atoms with Crippen molar-refractivity contribution in [3.05, 3.63) is 65.2 Å². The van der Waals surface area contributed by atoms with E-state index in [9.17, 15) is 23.2 Å². The lowest BCUT2D eigenvalue weighted by Crippen LogP contribution is -2.58. The Labute approximate surface area is 201 Å². The van der Waals surface area contributed by atoms with E-state index >= 15 is 0 Å². The van der Waals surface area contributed by atoms with Crippen molar-refractivity contribution in [1.29, 1.82) is 0 Å². The van der Waals surface area contributed by atoms with Crippen molar-refractivity contribution in [3.63, 3.8) is 0 Å². The van der Waals surface area contributed by atoms with Crippen LogP contribution in [0.4, 0.5) is 19.3 Å². The number of benzene rings is 2. The number of nitrogens with zero attached hydrogens (tertiary/aromatic N) is 2. The molecule has 1 N–H and O–H groups in total. The number of amides is 1. The van der Waals surface area contributed by atoms with Crippen LogP contribution < -0.4 is 4.90 Å². The summed E-state index contributed by atoms with van der Waals surface area (Å²) in [4.78, 5) is 39.5. The second-order valence-corrected chi connectivity index (χ2v) is 9.44. The Morgan fingerprint density at radius 2 is 1.74 bits per heavy atom. The van der Waals surface area contributed by atoms with Gasteiger partial charge in [-0.2, -0.15) is 0 Å². The zero-order valence-corrected chi connectivity index (χ0v) is 19.0. The molecule has 5 rings (SSSR count). The van der Waals surface area contributed by atoms with Crippen molar-refractivity contribution < 1.29 is 33.0 Å². The molecule has 1 heterocycles. The van der Waals surface area contributed by atoms with Crippen molar-refractivity contribution >= 4 is 23.5 Å². The van der Waals surface area contributed by atoms with E-state index < -0.39 is 29.5 Å². The second kappa shape index (κ2) is 9.37. The van der Waals surface area contributed by atoms with Gasteiger partial charge in [-0.3, -0.25) is 14.6 Å². The van der Waals surface area contributed by atoms with Crippen molar-refractivity contribution in [3.8, 4) is 0 Å². The molecule has 1 aliphatic heterocycles. The molecular formula is C26H26F2N2O5. The number of ether oxygens (including phenoxy) is 1. The van der Waals surface area contributed by atoms with Crippen LogP contribution in [0.1, 0.15) is 49.3 Å². The second-order valence-electron chi connectivity index (χ2n) is 9.44. The van der Waals surface area contributed by atoms with Crippen LogP contribution in [0, 0.1) is 17.6 Å². The van der Waals surface area contributed by atoms with Crippen molar-refractivity contribution in [2.45, 2.75) is 56.8 Å². The van der Waals surface area contributed by atoms with Crippen molar-refractivity contribution in [2.24, 2.45) is 5.92 Å². The van der Waals surface area contributed by atoms with Crippen LogP contribution in [-0.4, -0.2) is 46.5 Å². The Balaban J connectivity index is 1.46. The van der Waals surface area contributed by atoms with E-state index in [4.69, 9.17) is 9.84 Å². The number of halogens is 2. The Morgan fingerprint density at radius 1 is 1.03 bits per heavy atom. The molecule has 0 aromatic heterocycles. The molecule has 2 aliphatic carbocycles. The molecule has 3 unspecified atom stereocenters. The molecule has 35 heavy (non-hydrogen) atoms. The molecule has 2 saturated carbocycles. The number of ketones is 1. The number of carboxylic acids is 1. The van der Waals surface area contributed by atoms with Gasteiger partial charge in [0.2, 0.25) is 5.78 Å². The first-order valence-corrected chi connectivity index (χ1v) is 11.9. The molecule has 2 aromatic rings. The van der Waals surface area contributed by atoms with Gasteiger partial charge in [-0.1, -0.05) is 30.3 Å². The fraction of sp³-hybridized carbons (Fsp3) is 0.423. The van der Waals surface area contributed by atoms with Crippen molar-refractivity contribution in [1.82, 2.24) is 4.90 Å². The minimum absolute atomic E-state index is 0.0570. The van der Waals surface area contributed by atoms with Crippen LogP contribution in [0.5, 0.6) is 0 Å². The van der Waals surface area contributed by atoms with Crippen LogP contribution in [0.25, 0.3) is 0 Å². The zero-order valence-electron chi connectivity index (χ0n) is 19.0. The third-order valence-corrected chi connectivity index (χ3v) is 7.29. The highest BCUT2D eigenvalue weighted by Gasteiger charge is 2.53. The summed E-state index contributed by atoms with van der Waals surface area (Å²) in [6.45, 7) is 0.266. The molecule has 184 valence electrons. The van der Waals surface area contributed by atoms with Gasteiger partial charge in [0.25, 0.3) is 0 Å². The maximum Gasteiger partial charge on any atom is 0.414 e. The molecular weight excluding hydrogens is 458 g/mol. The molecule has 0 radical (unpaired) electrons. The number of fused-ring (bicyclic) bond motifs is 2. The van der Waals surface area contributed by atoms with Gasteiger partial charge in [0.05, 0.1) is 5.69 Å². The van der Waals surface area contributed by atoms with Gasteiger partial charge in [0.15, 0.2) is 11.6 Å². The van der Waals surface area contributed by atoms with Gasteiger partial charge < -0.3 is 9.84 Å². The molecule has 7 nitrogen and oxygen atoms in total. The first kappa shape index (κ1) is 23.4. The minimum atomic E-state index is -1.48. The zero-order chi connectivity index (χ0) is 24.7. The number of carbonyl (C=O) groups excluding carboxylic acids is 2. The van der Waals surface area contributed by atoms with Crippen LogP contribution >= 0.6 is 0 Å². The first-order valence-electron chi connectivity index (χ1n) is 11.9. The lowest BCUT2D eigenvalue weighted by atomic mass is 9.68. The largest absolute Gasteiger partial charge is 0.476 e. The lowest BCUT2D eigenvalue weighted by Gasteiger charge is -2.54. The number of rotatable bonds is 8. The average Bonchev–Trinajstić information content (AvgIpc) is 3.66. The van der Waals surface area contributed by atoms with Gasteiger partial charge in [-0.05, 0) is 48.8 Å². The highest BCUT2D eigenvalue weighted by molar-refractivity contribution is 6.32. The maximum atomic E-state index is 14.5. The van der Waals surface area contributed by atoms with Gasteiger partial charge >= 0.3 is 12.1 Å². The highest BCUT2D eigenvalue weighted by atomic mass is 19.2. The smallest absolute Gasteiger partial charge is 0.414 e. The van der Waals surface area contributed by atoms with Gasteiger partial charge in [-0.15, -0.1) is 0 Å². The summed E-state index contributed by atoms with van der Waals surface area (Å²) in [6.07, 6.45) is 2.45. The molecule has 3 atom stereocenters. The predicted molar refractivity (Wildman–Crippen MR) is 122 cm³/mol. The van der Waals surface area contributed by atoms with E-state index in [0.29, 0.717) is 12.0 Å². The number of hydrogen-bond acceptors (Lipinski definition) is 5. The molecule has 2 fully saturated rings. The van der Waals surface area contributed by atoms with E-state index in [1.807, 2.05) is 30.3 Å². The Hall–Kier alpha value is -3.33. The topological polar surface area (TPSA) is 87.2 Å². The summed E-state index contributed by atoms with van der Waals surface area (Å²) < 4.78 is 34.4. The highest BCUT2D eigenvalue weighted by Crippen LogP contribution is 2.54. The Morgan fingerprint density at radius 3 is 2.37 bits per heavy atom. The number of aliphatic carboxylic acids is 1. The summed E-state index contributed by atoms with van der Waals surface area (Å²) in [5.74, 6) is -4.49. The molecule has 0 spiro atoms. The van der Waals surface area contributed by atoms with E-state index in [2.05, 4.69) is 4.90 Å². The molecule has 9 heteroatoms. The first-order chi connectivity index (χ1) is 16.8. The monoisotopic (exact) mass is 484 g/mol. The summed E-state index contributed by atoms with van der Waals surface area (Å²) >= 11 is 0. The third-order valence-electron chi connectivity index (χ3n) is 7.29. The quantitative estimate of drug-likeness (QED) is 0.557. The van der Waals surface area contributed by atoms with Crippen LogP contribution in [0.15, 0.2) is 42.5 Å².